The molecule has 2 atom stereocenters. The molecule has 1 N–H and O–H groups in total. The van der Waals surface area contributed by atoms with E-state index < -0.39 is 11.6 Å². The standard InChI is InChI=1S/C16H17N3O2/c1-10(2)14(20)19-9-16(8-13(19)17-3)11-6-4-5-7-12(11)18-15(16)21/h4-7,10,13H,8-9H2,1-2H3,(H,18,21)/t13-,16-/m0/s1. The molecule has 1 spiro atoms. The van der Waals surface area contributed by atoms with E-state index in [2.05, 4.69) is 10.2 Å². The first-order chi connectivity index (χ1) is 9.99. The van der Waals surface area contributed by atoms with Gasteiger partial charge in [0.15, 0.2) is 0 Å². The van der Waals surface area contributed by atoms with Crippen LogP contribution in [0.15, 0.2) is 24.3 Å². The molecule has 3 rings (SSSR count). The molecule has 2 aliphatic heterocycles. The molecule has 2 heterocycles. The molecule has 0 aliphatic carbocycles. The molecule has 1 fully saturated rings. The first-order valence-electron chi connectivity index (χ1n) is 7.07. The molecule has 0 radical (unpaired) electrons. The number of rotatable bonds is 1. The molecule has 5 nitrogen and oxygen atoms in total. The zero-order valence-electron chi connectivity index (χ0n) is 12.1. The van der Waals surface area contributed by atoms with Crippen LogP contribution >= 0.6 is 0 Å². The monoisotopic (exact) mass is 283 g/mol. The summed E-state index contributed by atoms with van der Waals surface area (Å²) in [6, 6.07) is 7.54. The number of hydrogen-bond acceptors (Lipinski definition) is 2. The van der Waals surface area contributed by atoms with Gasteiger partial charge in [-0.05, 0) is 11.6 Å². The van der Waals surface area contributed by atoms with Crippen LogP contribution in [-0.4, -0.2) is 29.4 Å². The Hall–Kier alpha value is -2.35. The molecule has 0 saturated carbocycles. The van der Waals surface area contributed by atoms with Gasteiger partial charge >= 0.3 is 6.17 Å². The lowest BCUT2D eigenvalue weighted by Gasteiger charge is -2.22. The van der Waals surface area contributed by atoms with Crippen molar-refractivity contribution in [2.24, 2.45) is 5.92 Å². The van der Waals surface area contributed by atoms with E-state index in [-0.39, 0.29) is 17.7 Å². The van der Waals surface area contributed by atoms with Gasteiger partial charge in [-0.3, -0.25) is 19.3 Å². The third-order valence-corrected chi connectivity index (χ3v) is 4.38. The highest BCUT2D eigenvalue weighted by Gasteiger charge is 2.58. The van der Waals surface area contributed by atoms with Gasteiger partial charge in [0.25, 0.3) is 0 Å². The second kappa shape index (κ2) is 4.59. The second-order valence-electron chi connectivity index (χ2n) is 6.02. The summed E-state index contributed by atoms with van der Waals surface area (Å²) < 4.78 is 0. The number of nitrogens with zero attached hydrogens (tertiary/aromatic N) is 2. The van der Waals surface area contributed by atoms with Crippen molar-refractivity contribution in [2.75, 3.05) is 11.9 Å². The number of para-hydroxylation sites is 1. The lowest BCUT2D eigenvalue weighted by Crippen LogP contribution is -2.41. The number of nitrogens with one attached hydrogen (secondary N) is 1. The highest BCUT2D eigenvalue weighted by molar-refractivity contribution is 6.07. The van der Waals surface area contributed by atoms with Gasteiger partial charge in [0.05, 0.1) is 6.42 Å². The number of hydrogen-bond donors (Lipinski definition) is 1. The fraction of sp³-hybridized carbons (Fsp3) is 0.438. The topological polar surface area (TPSA) is 53.8 Å². The zero-order chi connectivity index (χ0) is 15.2. The van der Waals surface area contributed by atoms with Gasteiger partial charge in [-0.1, -0.05) is 32.0 Å². The normalized spacial score (nSPS) is 26.9. The minimum atomic E-state index is -0.767. The van der Waals surface area contributed by atoms with Gasteiger partial charge in [0.1, 0.15) is 5.41 Å². The molecule has 2 amide bonds. The van der Waals surface area contributed by atoms with Gasteiger partial charge in [-0.25, -0.2) is 6.57 Å². The van der Waals surface area contributed by atoms with Crippen molar-refractivity contribution in [1.82, 2.24) is 4.90 Å². The number of anilines is 1. The summed E-state index contributed by atoms with van der Waals surface area (Å²) in [4.78, 5) is 30.0. The van der Waals surface area contributed by atoms with E-state index in [1.807, 2.05) is 38.1 Å². The van der Waals surface area contributed by atoms with Gasteiger partial charge in [-0.2, -0.15) is 0 Å². The maximum Gasteiger partial charge on any atom is 0.302 e. The maximum atomic E-state index is 12.5. The summed E-state index contributed by atoms with van der Waals surface area (Å²) >= 11 is 0. The average Bonchev–Trinajstić information content (AvgIpc) is 2.99. The molecule has 1 saturated heterocycles. The number of amides is 2. The summed E-state index contributed by atoms with van der Waals surface area (Å²) in [5.74, 6) is -0.342. The SMILES string of the molecule is [C-]#[N+][C@@H]1C[C@@]2(CN1C(=O)C(C)C)C(=O)Nc1ccccc12. The Kier molecular flexibility index (Phi) is 2.98. The highest BCUT2D eigenvalue weighted by Crippen LogP contribution is 2.46. The van der Waals surface area contributed by atoms with Crippen LogP contribution in [0.1, 0.15) is 25.8 Å². The average molecular weight is 283 g/mol. The van der Waals surface area contributed by atoms with Crippen LogP contribution in [-0.2, 0) is 15.0 Å². The number of likely N-dealkylation sites (tertiary alicyclic amines) is 1. The molecule has 108 valence electrons. The van der Waals surface area contributed by atoms with Crippen molar-refractivity contribution in [3.05, 3.63) is 41.2 Å². The molecule has 0 bridgehead atoms. The number of carbonyl (C=O) groups excluding carboxylic acids is 2. The van der Waals surface area contributed by atoms with Crippen LogP contribution in [0.4, 0.5) is 5.69 Å². The van der Waals surface area contributed by atoms with Crippen molar-refractivity contribution in [1.29, 1.82) is 0 Å². The first-order valence-corrected chi connectivity index (χ1v) is 7.07. The van der Waals surface area contributed by atoms with Crippen molar-refractivity contribution in [3.8, 4) is 0 Å². The van der Waals surface area contributed by atoms with Gasteiger partial charge in [0.2, 0.25) is 11.8 Å². The Morgan fingerprint density at radius 3 is 2.86 bits per heavy atom. The Morgan fingerprint density at radius 2 is 2.19 bits per heavy atom. The molecular weight excluding hydrogens is 266 g/mol. The van der Waals surface area contributed by atoms with Crippen molar-refractivity contribution < 1.29 is 9.59 Å². The Morgan fingerprint density at radius 1 is 1.48 bits per heavy atom. The van der Waals surface area contributed by atoms with E-state index in [4.69, 9.17) is 6.57 Å². The quantitative estimate of drug-likeness (QED) is 0.802. The molecule has 0 unspecified atom stereocenters. The Balaban J connectivity index is 2.03. The van der Waals surface area contributed by atoms with Crippen LogP contribution in [0.3, 0.4) is 0 Å². The molecule has 1 aromatic rings. The Bertz CT molecular complexity index is 662. The van der Waals surface area contributed by atoms with E-state index in [9.17, 15) is 9.59 Å². The van der Waals surface area contributed by atoms with Gasteiger partial charge in [-0.15, -0.1) is 0 Å². The van der Waals surface area contributed by atoms with Crippen molar-refractivity contribution in [3.63, 3.8) is 0 Å². The van der Waals surface area contributed by atoms with E-state index >= 15 is 0 Å². The molecule has 21 heavy (non-hydrogen) atoms. The third-order valence-electron chi connectivity index (χ3n) is 4.38. The fourth-order valence-corrected chi connectivity index (χ4v) is 3.29. The van der Waals surface area contributed by atoms with Crippen LogP contribution in [0.25, 0.3) is 4.85 Å². The molecular formula is C16H17N3O2. The molecule has 2 aliphatic rings. The number of benzene rings is 1. The van der Waals surface area contributed by atoms with Gasteiger partial charge in [0, 0.05) is 18.2 Å². The zero-order valence-corrected chi connectivity index (χ0v) is 12.1. The first kappa shape index (κ1) is 13.6. The van der Waals surface area contributed by atoms with Crippen molar-refractivity contribution >= 4 is 17.5 Å². The predicted molar refractivity (Wildman–Crippen MR) is 78.3 cm³/mol. The summed E-state index contributed by atoms with van der Waals surface area (Å²) in [6.07, 6.45) is -0.186. The van der Waals surface area contributed by atoms with E-state index in [1.165, 1.54) is 0 Å². The number of fused-ring (bicyclic) bond motifs is 2. The lowest BCUT2D eigenvalue weighted by atomic mass is 9.80. The van der Waals surface area contributed by atoms with Crippen molar-refractivity contribution in [2.45, 2.75) is 31.8 Å². The summed E-state index contributed by atoms with van der Waals surface area (Å²) in [7, 11) is 0. The van der Waals surface area contributed by atoms with Crippen LogP contribution < -0.4 is 5.32 Å². The van der Waals surface area contributed by atoms with E-state index in [0.717, 1.165) is 11.3 Å². The lowest BCUT2D eigenvalue weighted by molar-refractivity contribution is -0.134. The fourth-order valence-electron chi connectivity index (χ4n) is 3.29. The van der Waals surface area contributed by atoms with E-state index in [1.54, 1.807) is 4.90 Å². The minimum Gasteiger partial charge on any atom is -0.325 e. The summed E-state index contributed by atoms with van der Waals surface area (Å²) in [5, 5.41) is 2.88. The van der Waals surface area contributed by atoms with Crippen LogP contribution in [0.5, 0.6) is 0 Å². The predicted octanol–water partition coefficient (Wildman–Crippen LogP) is 2.01. The third kappa shape index (κ3) is 1.83. The molecule has 1 aromatic carbocycles. The Labute approximate surface area is 123 Å². The molecule has 0 aromatic heterocycles. The minimum absolute atomic E-state index is 0.0648. The summed E-state index contributed by atoms with van der Waals surface area (Å²) in [5.41, 5.74) is 0.934. The van der Waals surface area contributed by atoms with Gasteiger partial charge < -0.3 is 5.32 Å². The highest BCUT2D eigenvalue weighted by atomic mass is 16.2. The second-order valence-corrected chi connectivity index (χ2v) is 6.02. The maximum absolute atomic E-state index is 12.5. The largest absolute Gasteiger partial charge is 0.325 e. The smallest absolute Gasteiger partial charge is 0.302 e. The van der Waals surface area contributed by atoms with Crippen LogP contribution in [0, 0.1) is 12.5 Å². The molecule has 5 heteroatoms. The van der Waals surface area contributed by atoms with E-state index in [0.29, 0.717) is 13.0 Å². The summed E-state index contributed by atoms with van der Waals surface area (Å²) in [6.45, 7) is 11.3. The number of carbonyl (C=O) groups is 2. The van der Waals surface area contributed by atoms with Crippen LogP contribution in [0.2, 0.25) is 0 Å².